The van der Waals surface area contributed by atoms with Gasteiger partial charge in [0, 0.05) is 17.9 Å². The number of aromatic nitrogens is 3. The van der Waals surface area contributed by atoms with Crippen LogP contribution in [0.5, 0.6) is 0 Å². The molecule has 0 atom stereocenters. The average Bonchev–Trinajstić information content (AvgIpc) is 3.46. The molecule has 0 bridgehead atoms. The molecule has 0 unspecified atom stereocenters. The van der Waals surface area contributed by atoms with Crippen LogP contribution in [0.3, 0.4) is 0 Å². The molecule has 0 radical (unpaired) electrons. The summed E-state index contributed by atoms with van der Waals surface area (Å²) in [6, 6.07) is 9.22. The summed E-state index contributed by atoms with van der Waals surface area (Å²) in [7, 11) is 0. The Labute approximate surface area is 161 Å². The number of carbonyl (C=O) groups excluding carboxylic acids is 1. The quantitative estimate of drug-likeness (QED) is 0.732. The van der Waals surface area contributed by atoms with Gasteiger partial charge in [0.2, 0.25) is 0 Å². The molecule has 0 saturated heterocycles. The molecule has 7 heteroatoms. The Morgan fingerprint density at radius 2 is 1.86 bits per heavy atom. The third-order valence-corrected chi connectivity index (χ3v) is 4.96. The maximum absolute atomic E-state index is 12.6. The number of hydrogen-bond donors (Lipinski definition) is 2. The summed E-state index contributed by atoms with van der Waals surface area (Å²) < 4.78 is 1.50. The second kappa shape index (κ2) is 6.44. The van der Waals surface area contributed by atoms with Gasteiger partial charge in [-0.1, -0.05) is 32.9 Å². The third-order valence-electron chi connectivity index (χ3n) is 4.96. The minimum Gasteiger partial charge on any atom is -0.322 e. The smallest absolute Gasteiger partial charge is 0.322 e. The Morgan fingerprint density at radius 3 is 2.46 bits per heavy atom. The van der Waals surface area contributed by atoms with Crippen molar-refractivity contribution in [3.05, 3.63) is 68.5 Å². The second-order valence-electron chi connectivity index (χ2n) is 8.24. The first-order chi connectivity index (χ1) is 13.2. The van der Waals surface area contributed by atoms with Crippen LogP contribution in [0.25, 0.3) is 11.0 Å². The van der Waals surface area contributed by atoms with Crippen molar-refractivity contribution in [2.75, 3.05) is 5.32 Å². The van der Waals surface area contributed by atoms with Crippen LogP contribution in [-0.4, -0.2) is 20.4 Å². The molecule has 1 aromatic carbocycles. The van der Waals surface area contributed by atoms with Crippen LogP contribution in [0.2, 0.25) is 0 Å². The molecule has 0 aliphatic heterocycles. The number of fused-ring (bicyclic) bond motifs is 1. The van der Waals surface area contributed by atoms with Gasteiger partial charge in [-0.25, -0.2) is 9.78 Å². The van der Waals surface area contributed by atoms with Crippen molar-refractivity contribution in [2.45, 2.75) is 45.1 Å². The average molecular weight is 378 g/mol. The molecule has 1 fully saturated rings. The molecule has 0 spiro atoms. The molecule has 2 N–H and O–H groups in total. The van der Waals surface area contributed by atoms with Crippen molar-refractivity contribution in [3.8, 4) is 0 Å². The van der Waals surface area contributed by atoms with Crippen LogP contribution in [0, 0.1) is 0 Å². The van der Waals surface area contributed by atoms with E-state index in [0.29, 0.717) is 11.3 Å². The predicted octanol–water partition coefficient (Wildman–Crippen LogP) is 2.97. The van der Waals surface area contributed by atoms with E-state index in [0.717, 1.165) is 12.8 Å². The molecule has 28 heavy (non-hydrogen) atoms. The van der Waals surface area contributed by atoms with Gasteiger partial charge in [0.1, 0.15) is 5.65 Å². The number of anilines is 1. The van der Waals surface area contributed by atoms with Gasteiger partial charge in [0.05, 0.1) is 10.9 Å². The minimum atomic E-state index is -0.534. The lowest BCUT2D eigenvalue weighted by molar-refractivity contribution is 0.102. The van der Waals surface area contributed by atoms with E-state index >= 15 is 0 Å². The standard InChI is InChI=1S/C21H22N4O3/c1-21(2,3)13-4-6-14(7-5-13)23-18(26)12-10-16-17(22-11-12)25(15-8-9-15)20(28)24-19(16)27/h4-7,10-11,15H,8-9H2,1-3H3,(H,23,26)(H,24,27,28). The van der Waals surface area contributed by atoms with Crippen LogP contribution in [0.4, 0.5) is 5.69 Å². The van der Waals surface area contributed by atoms with Gasteiger partial charge in [-0.05, 0) is 42.0 Å². The fourth-order valence-corrected chi connectivity index (χ4v) is 3.19. The normalized spacial score (nSPS) is 14.2. The lowest BCUT2D eigenvalue weighted by Gasteiger charge is -2.19. The second-order valence-corrected chi connectivity index (χ2v) is 8.24. The topological polar surface area (TPSA) is 96.8 Å². The summed E-state index contributed by atoms with van der Waals surface area (Å²) in [5.41, 5.74) is 1.46. The number of nitrogens with zero attached hydrogens (tertiary/aromatic N) is 2. The maximum Gasteiger partial charge on any atom is 0.330 e. The molecular formula is C21H22N4O3. The molecule has 3 aromatic rings. The highest BCUT2D eigenvalue weighted by atomic mass is 16.2. The number of carbonyl (C=O) groups is 1. The first kappa shape index (κ1) is 18.2. The molecule has 1 aliphatic rings. The molecule has 1 aliphatic carbocycles. The maximum atomic E-state index is 12.6. The van der Waals surface area contributed by atoms with Gasteiger partial charge in [-0.15, -0.1) is 0 Å². The van der Waals surface area contributed by atoms with Gasteiger partial charge in [-0.3, -0.25) is 19.1 Å². The largest absolute Gasteiger partial charge is 0.330 e. The molecule has 7 nitrogen and oxygen atoms in total. The zero-order valence-electron chi connectivity index (χ0n) is 16.1. The Morgan fingerprint density at radius 1 is 1.18 bits per heavy atom. The minimum absolute atomic E-state index is 0.0309. The van der Waals surface area contributed by atoms with Crippen molar-refractivity contribution in [2.24, 2.45) is 0 Å². The van der Waals surface area contributed by atoms with Crippen LogP contribution in [0.15, 0.2) is 46.1 Å². The highest BCUT2D eigenvalue weighted by Crippen LogP contribution is 2.34. The molecule has 144 valence electrons. The van der Waals surface area contributed by atoms with Crippen molar-refractivity contribution in [3.63, 3.8) is 0 Å². The van der Waals surface area contributed by atoms with E-state index in [9.17, 15) is 14.4 Å². The number of nitrogens with one attached hydrogen (secondary N) is 2. The van der Waals surface area contributed by atoms with E-state index in [-0.39, 0.29) is 28.3 Å². The SMILES string of the molecule is CC(C)(C)c1ccc(NC(=O)c2cnc3c(c2)c(=O)[nH]c(=O)n3C2CC2)cc1. The van der Waals surface area contributed by atoms with E-state index in [1.54, 1.807) is 0 Å². The van der Waals surface area contributed by atoms with Gasteiger partial charge >= 0.3 is 5.69 Å². The van der Waals surface area contributed by atoms with E-state index in [1.165, 1.54) is 22.4 Å². The lowest BCUT2D eigenvalue weighted by atomic mass is 9.87. The summed E-state index contributed by atoms with van der Waals surface area (Å²) in [6.45, 7) is 6.38. The first-order valence-corrected chi connectivity index (χ1v) is 9.30. The third kappa shape index (κ3) is 3.35. The Hall–Kier alpha value is -3.22. The van der Waals surface area contributed by atoms with Gasteiger partial charge in [-0.2, -0.15) is 0 Å². The van der Waals surface area contributed by atoms with Crippen LogP contribution in [0.1, 0.15) is 55.6 Å². The number of H-pyrrole nitrogens is 1. The van der Waals surface area contributed by atoms with Crippen molar-refractivity contribution < 1.29 is 4.79 Å². The highest BCUT2D eigenvalue weighted by Gasteiger charge is 2.27. The van der Waals surface area contributed by atoms with Crippen molar-refractivity contribution in [1.29, 1.82) is 0 Å². The zero-order chi connectivity index (χ0) is 20.1. The van der Waals surface area contributed by atoms with Crippen LogP contribution in [-0.2, 0) is 5.41 Å². The monoisotopic (exact) mass is 378 g/mol. The number of rotatable bonds is 3. The fraction of sp³-hybridized carbons (Fsp3) is 0.333. The van der Waals surface area contributed by atoms with Gasteiger partial charge in [0.15, 0.2) is 0 Å². The molecule has 2 aromatic heterocycles. The first-order valence-electron chi connectivity index (χ1n) is 9.30. The van der Waals surface area contributed by atoms with Crippen molar-refractivity contribution >= 4 is 22.6 Å². The number of amides is 1. The number of aromatic amines is 1. The van der Waals surface area contributed by atoms with Crippen LogP contribution >= 0.6 is 0 Å². The number of pyridine rings is 1. The van der Waals surface area contributed by atoms with E-state index < -0.39 is 11.2 Å². The summed E-state index contributed by atoms with van der Waals surface area (Å²) in [4.78, 5) is 43.5. The zero-order valence-corrected chi connectivity index (χ0v) is 16.1. The highest BCUT2D eigenvalue weighted by molar-refractivity contribution is 6.05. The van der Waals surface area contributed by atoms with Gasteiger partial charge in [0.25, 0.3) is 11.5 Å². The number of benzene rings is 1. The van der Waals surface area contributed by atoms with E-state index in [2.05, 4.69) is 36.1 Å². The predicted molar refractivity (Wildman–Crippen MR) is 108 cm³/mol. The molecule has 1 amide bonds. The summed E-state index contributed by atoms with van der Waals surface area (Å²) in [5.74, 6) is -0.360. The molecule has 4 rings (SSSR count). The fourth-order valence-electron chi connectivity index (χ4n) is 3.19. The Kier molecular flexibility index (Phi) is 4.18. The Bertz CT molecular complexity index is 1180. The Balaban J connectivity index is 1.65. The van der Waals surface area contributed by atoms with Crippen LogP contribution < -0.4 is 16.6 Å². The van der Waals surface area contributed by atoms with E-state index in [1.807, 2.05) is 24.3 Å². The summed E-state index contributed by atoms with van der Waals surface area (Å²) in [6.07, 6.45) is 3.17. The summed E-state index contributed by atoms with van der Waals surface area (Å²) in [5, 5.41) is 3.06. The van der Waals surface area contributed by atoms with Gasteiger partial charge < -0.3 is 5.32 Å². The summed E-state index contributed by atoms with van der Waals surface area (Å²) >= 11 is 0. The molecular weight excluding hydrogens is 356 g/mol. The lowest BCUT2D eigenvalue weighted by Crippen LogP contribution is -2.30. The molecule has 2 heterocycles. The van der Waals surface area contributed by atoms with Crippen molar-refractivity contribution in [1.82, 2.24) is 14.5 Å². The molecule has 1 saturated carbocycles. The van der Waals surface area contributed by atoms with E-state index in [4.69, 9.17) is 0 Å². The number of hydrogen-bond acceptors (Lipinski definition) is 4.